The summed E-state index contributed by atoms with van der Waals surface area (Å²) in [5.41, 5.74) is 1.52. The monoisotopic (exact) mass is 453 g/mol. The third-order valence-corrected chi connectivity index (χ3v) is 5.78. The second-order valence-electron chi connectivity index (χ2n) is 7.52. The van der Waals surface area contributed by atoms with Crippen molar-refractivity contribution in [1.82, 2.24) is 19.4 Å². The zero-order valence-electron chi connectivity index (χ0n) is 19.2. The van der Waals surface area contributed by atoms with Crippen molar-refractivity contribution < 1.29 is 19.0 Å². The SMILES string of the molecule is CCn1c(=O)c(N2CCN(C(=O)c3cc(OC)c(OC)c(OC)c3)CC2)nc2cccnc21. The normalized spacial score (nSPS) is 13.8. The van der Waals surface area contributed by atoms with Gasteiger partial charge < -0.3 is 24.0 Å². The molecule has 1 aliphatic heterocycles. The van der Waals surface area contributed by atoms with Crippen LogP contribution in [0.4, 0.5) is 5.82 Å². The smallest absolute Gasteiger partial charge is 0.295 e. The number of anilines is 1. The number of aryl methyl sites for hydroxylation is 1. The number of rotatable bonds is 6. The highest BCUT2D eigenvalue weighted by molar-refractivity contribution is 5.96. The second-order valence-corrected chi connectivity index (χ2v) is 7.52. The van der Waals surface area contributed by atoms with Crippen LogP contribution in [0.25, 0.3) is 11.2 Å². The maximum atomic E-state index is 13.2. The molecule has 2 aromatic heterocycles. The van der Waals surface area contributed by atoms with Gasteiger partial charge in [0.1, 0.15) is 5.52 Å². The maximum Gasteiger partial charge on any atom is 0.295 e. The fourth-order valence-electron chi connectivity index (χ4n) is 4.07. The highest BCUT2D eigenvalue weighted by Crippen LogP contribution is 2.38. The first-order valence-corrected chi connectivity index (χ1v) is 10.7. The van der Waals surface area contributed by atoms with Crippen LogP contribution in [0.15, 0.2) is 35.3 Å². The van der Waals surface area contributed by atoms with Crippen LogP contribution in [-0.4, -0.2) is 72.9 Å². The van der Waals surface area contributed by atoms with E-state index in [0.717, 1.165) is 0 Å². The highest BCUT2D eigenvalue weighted by atomic mass is 16.5. The standard InChI is InChI=1S/C23H27N5O5/c1-5-28-20-16(7-6-8-24-20)25-21(23(28)30)26-9-11-27(12-10-26)22(29)15-13-17(31-2)19(33-4)18(14-15)32-3/h6-8,13-14H,5,9-12H2,1-4H3. The number of benzene rings is 1. The van der Waals surface area contributed by atoms with Crippen molar-refractivity contribution in [1.29, 1.82) is 0 Å². The minimum atomic E-state index is -0.173. The molecule has 33 heavy (non-hydrogen) atoms. The molecule has 0 atom stereocenters. The number of ether oxygens (including phenoxy) is 3. The van der Waals surface area contributed by atoms with Crippen LogP contribution in [0.5, 0.6) is 17.2 Å². The molecule has 0 radical (unpaired) electrons. The minimum Gasteiger partial charge on any atom is -0.493 e. The molecule has 4 rings (SSSR count). The van der Waals surface area contributed by atoms with Gasteiger partial charge in [0.25, 0.3) is 11.5 Å². The van der Waals surface area contributed by atoms with E-state index in [1.54, 1.807) is 33.9 Å². The number of fused-ring (bicyclic) bond motifs is 1. The molecule has 10 nitrogen and oxygen atoms in total. The molecule has 0 spiro atoms. The predicted molar refractivity (Wildman–Crippen MR) is 124 cm³/mol. The lowest BCUT2D eigenvalue weighted by molar-refractivity contribution is 0.0745. The van der Waals surface area contributed by atoms with Crippen molar-refractivity contribution in [3.63, 3.8) is 0 Å². The zero-order valence-corrected chi connectivity index (χ0v) is 19.2. The minimum absolute atomic E-state index is 0.143. The molecule has 1 aromatic carbocycles. The van der Waals surface area contributed by atoms with E-state index in [2.05, 4.69) is 9.97 Å². The summed E-state index contributed by atoms with van der Waals surface area (Å²) in [4.78, 5) is 38.8. The first-order valence-electron chi connectivity index (χ1n) is 10.7. The Morgan fingerprint density at radius 2 is 1.70 bits per heavy atom. The Balaban J connectivity index is 1.56. The van der Waals surface area contributed by atoms with Gasteiger partial charge in [0.15, 0.2) is 23.0 Å². The van der Waals surface area contributed by atoms with Crippen LogP contribution in [0.3, 0.4) is 0 Å². The Labute approximate surface area is 191 Å². The Morgan fingerprint density at radius 3 is 2.27 bits per heavy atom. The number of carbonyl (C=O) groups excluding carboxylic acids is 1. The van der Waals surface area contributed by atoms with Crippen molar-refractivity contribution in [2.24, 2.45) is 0 Å². The average molecular weight is 453 g/mol. The van der Waals surface area contributed by atoms with Gasteiger partial charge in [0.05, 0.1) is 21.3 Å². The van der Waals surface area contributed by atoms with Crippen molar-refractivity contribution >= 4 is 22.9 Å². The van der Waals surface area contributed by atoms with E-state index >= 15 is 0 Å². The summed E-state index contributed by atoms with van der Waals surface area (Å²) in [6.45, 7) is 4.30. The summed E-state index contributed by atoms with van der Waals surface area (Å²) in [6, 6.07) is 6.95. The van der Waals surface area contributed by atoms with E-state index in [-0.39, 0.29) is 11.5 Å². The molecular formula is C23H27N5O5. The number of aromatic nitrogens is 3. The number of methoxy groups -OCH3 is 3. The summed E-state index contributed by atoms with van der Waals surface area (Å²) in [5, 5.41) is 0. The number of piperazine rings is 1. The van der Waals surface area contributed by atoms with Crippen molar-refractivity contribution in [3.8, 4) is 17.2 Å². The Kier molecular flexibility index (Phi) is 6.34. The Morgan fingerprint density at radius 1 is 1.03 bits per heavy atom. The number of pyridine rings is 1. The number of hydrogen-bond donors (Lipinski definition) is 0. The summed E-state index contributed by atoms with van der Waals surface area (Å²) in [6.07, 6.45) is 1.66. The molecule has 174 valence electrons. The van der Waals surface area contributed by atoms with Crippen LogP contribution >= 0.6 is 0 Å². The van der Waals surface area contributed by atoms with Gasteiger partial charge in [-0.05, 0) is 31.2 Å². The molecule has 0 saturated carbocycles. The van der Waals surface area contributed by atoms with Crippen LogP contribution in [0.1, 0.15) is 17.3 Å². The molecule has 1 aliphatic rings. The fraction of sp³-hybridized carbons (Fsp3) is 0.391. The van der Waals surface area contributed by atoms with Gasteiger partial charge in [-0.15, -0.1) is 0 Å². The Hall–Kier alpha value is -3.82. The lowest BCUT2D eigenvalue weighted by Gasteiger charge is -2.35. The van der Waals surface area contributed by atoms with E-state index in [4.69, 9.17) is 14.2 Å². The topological polar surface area (TPSA) is 99.0 Å². The number of amides is 1. The van der Waals surface area contributed by atoms with Gasteiger partial charge in [0.2, 0.25) is 5.75 Å². The highest BCUT2D eigenvalue weighted by Gasteiger charge is 2.27. The number of nitrogens with zero attached hydrogens (tertiary/aromatic N) is 5. The Bertz CT molecular complexity index is 1210. The third-order valence-electron chi connectivity index (χ3n) is 5.78. The van der Waals surface area contributed by atoms with Gasteiger partial charge in [-0.3, -0.25) is 14.2 Å². The summed E-state index contributed by atoms with van der Waals surface area (Å²) in [7, 11) is 4.55. The lowest BCUT2D eigenvalue weighted by atomic mass is 10.1. The molecule has 0 aliphatic carbocycles. The molecule has 10 heteroatoms. The molecule has 0 bridgehead atoms. The van der Waals surface area contributed by atoms with E-state index < -0.39 is 0 Å². The molecule has 3 aromatic rings. The summed E-state index contributed by atoms with van der Waals surface area (Å²) >= 11 is 0. The molecule has 0 N–H and O–H groups in total. The van der Waals surface area contributed by atoms with Crippen LogP contribution in [0.2, 0.25) is 0 Å². The van der Waals surface area contributed by atoms with Crippen molar-refractivity contribution in [2.45, 2.75) is 13.5 Å². The molecular weight excluding hydrogens is 426 g/mol. The first-order chi connectivity index (χ1) is 16.0. The molecule has 1 amide bonds. The van der Waals surface area contributed by atoms with E-state index in [9.17, 15) is 9.59 Å². The number of hydrogen-bond acceptors (Lipinski definition) is 8. The van der Waals surface area contributed by atoms with E-state index in [1.807, 2.05) is 17.9 Å². The average Bonchev–Trinajstić information content (AvgIpc) is 2.87. The van der Waals surface area contributed by atoms with Gasteiger partial charge >= 0.3 is 0 Å². The molecule has 1 saturated heterocycles. The van der Waals surface area contributed by atoms with Crippen LogP contribution < -0.4 is 24.7 Å². The zero-order chi connectivity index (χ0) is 23.5. The molecule has 1 fully saturated rings. The van der Waals surface area contributed by atoms with Gasteiger partial charge in [-0.25, -0.2) is 9.97 Å². The predicted octanol–water partition coefficient (Wildman–Crippen LogP) is 1.80. The quantitative estimate of drug-likeness (QED) is 0.557. The first kappa shape index (κ1) is 22.4. The van der Waals surface area contributed by atoms with Gasteiger partial charge in [0, 0.05) is 44.5 Å². The second kappa shape index (κ2) is 9.35. The molecule has 3 heterocycles. The number of carbonyl (C=O) groups is 1. The maximum absolute atomic E-state index is 13.2. The van der Waals surface area contributed by atoms with Gasteiger partial charge in [-0.2, -0.15) is 0 Å². The van der Waals surface area contributed by atoms with Crippen molar-refractivity contribution in [2.75, 3.05) is 52.4 Å². The van der Waals surface area contributed by atoms with Gasteiger partial charge in [-0.1, -0.05) is 0 Å². The van der Waals surface area contributed by atoms with Crippen LogP contribution in [-0.2, 0) is 6.54 Å². The van der Waals surface area contributed by atoms with Crippen LogP contribution in [0, 0.1) is 0 Å². The fourth-order valence-corrected chi connectivity index (χ4v) is 4.07. The third kappa shape index (κ3) is 4.04. The molecule has 0 unspecified atom stereocenters. The van der Waals surface area contributed by atoms with E-state index in [0.29, 0.717) is 72.5 Å². The summed E-state index contributed by atoms with van der Waals surface area (Å²) < 4.78 is 17.7. The largest absolute Gasteiger partial charge is 0.493 e. The lowest BCUT2D eigenvalue weighted by Crippen LogP contribution is -2.50. The summed E-state index contributed by atoms with van der Waals surface area (Å²) in [5.74, 6) is 1.53. The van der Waals surface area contributed by atoms with E-state index in [1.165, 1.54) is 21.3 Å². The van der Waals surface area contributed by atoms with Crippen molar-refractivity contribution in [3.05, 3.63) is 46.4 Å².